The summed E-state index contributed by atoms with van der Waals surface area (Å²) in [6.07, 6.45) is 2.45. The molecule has 0 aromatic carbocycles. The second-order valence-electron chi connectivity index (χ2n) is 3.62. The van der Waals surface area contributed by atoms with Crippen LogP contribution in [0.3, 0.4) is 0 Å². The molecule has 1 unspecified atom stereocenters. The van der Waals surface area contributed by atoms with Gasteiger partial charge in [-0.2, -0.15) is 10.3 Å². The number of aliphatic imine (C=N–C) groups is 2. The molecular weight excluding hydrogens is 250 g/mol. The van der Waals surface area contributed by atoms with Crippen molar-refractivity contribution in [1.29, 1.82) is 5.26 Å². The maximum atomic E-state index is 11.8. The highest BCUT2D eigenvalue weighted by Gasteiger charge is 2.31. The maximum absolute atomic E-state index is 11.8. The first kappa shape index (κ1) is 12.6. The highest BCUT2D eigenvalue weighted by atomic mass is 32.2. The molecule has 1 aromatic rings. The molecule has 1 amide bonds. The van der Waals surface area contributed by atoms with E-state index >= 15 is 0 Å². The van der Waals surface area contributed by atoms with Crippen molar-refractivity contribution in [3.63, 3.8) is 0 Å². The molecule has 1 aromatic heterocycles. The molecule has 0 bridgehead atoms. The van der Waals surface area contributed by atoms with Crippen LogP contribution in [-0.4, -0.2) is 22.5 Å². The fourth-order valence-corrected chi connectivity index (χ4v) is 2.17. The normalized spacial score (nSPS) is 19.1. The minimum absolute atomic E-state index is 0.348. The predicted octanol–water partition coefficient (Wildman–Crippen LogP) is 2.25. The lowest BCUT2D eigenvalue weighted by Gasteiger charge is -2.13. The van der Waals surface area contributed by atoms with Gasteiger partial charge in [0.1, 0.15) is 11.5 Å². The fraction of sp³-hybridized carbons (Fsp3) is 0.333. The quantitative estimate of drug-likeness (QED) is 0.835. The summed E-state index contributed by atoms with van der Waals surface area (Å²) in [6.45, 7) is 2.04. The zero-order valence-corrected chi connectivity index (χ0v) is 10.6. The molecule has 0 aliphatic carbocycles. The molecule has 0 saturated heterocycles. The van der Waals surface area contributed by atoms with Crippen molar-refractivity contribution in [2.24, 2.45) is 15.9 Å². The first-order chi connectivity index (χ1) is 8.76. The van der Waals surface area contributed by atoms with Gasteiger partial charge in [0.25, 0.3) is 5.91 Å². The molecule has 0 saturated carbocycles. The average Bonchev–Trinajstić information content (AvgIpc) is 2.89. The molecular formula is C12H11N3O2S. The number of thioether (sulfide) groups is 1. The van der Waals surface area contributed by atoms with Crippen molar-refractivity contribution in [2.45, 2.75) is 13.3 Å². The summed E-state index contributed by atoms with van der Waals surface area (Å²) in [5.74, 6) is -0.169. The lowest BCUT2D eigenvalue weighted by molar-refractivity contribution is -0.118. The Morgan fingerprint density at radius 2 is 2.39 bits per heavy atom. The molecule has 2 rings (SSSR count). The van der Waals surface area contributed by atoms with E-state index in [2.05, 4.69) is 9.98 Å². The summed E-state index contributed by atoms with van der Waals surface area (Å²) < 4.78 is 5.21. The Morgan fingerprint density at radius 3 is 3.00 bits per heavy atom. The maximum Gasteiger partial charge on any atom is 0.271 e. The Kier molecular flexibility index (Phi) is 3.95. The van der Waals surface area contributed by atoms with Gasteiger partial charge < -0.3 is 4.42 Å². The second kappa shape index (κ2) is 5.65. The molecule has 0 fully saturated rings. The van der Waals surface area contributed by atoms with Gasteiger partial charge in [0, 0.05) is 5.75 Å². The number of amidine groups is 1. The molecule has 5 nitrogen and oxygen atoms in total. The van der Waals surface area contributed by atoms with Crippen LogP contribution in [0.25, 0.3) is 0 Å². The van der Waals surface area contributed by atoms with E-state index < -0.39 is 11.8 Å². The zero-order valence-electron chi connectivity index (χ0n) is 9.79. The van der Waals surface area contributed by atoms with Crippen LogP contribution in [0.5, 0.6) is 0 Å². The summed E-state index contributed by atoms with van der Waals surface area (Å²) >= 11 is 1.41. The standard InChI is InChI=1S/C12H11N3O2S/c1-2-6-18-12-14-10(9-4-3-5-17-9)8(7-13)11(16)15-12/h3-5,8H,2,6H2,1H3. The van der Waals surface area contributed by atoms with E-state index in [0.717, 1.165) is 12.2 Å². The van der Waals surface area contributed by atoms with Crippen molar-refractivity contribution >= 4 is 28.5 Å². The van der Waals surface area contributed by atoms with Crippen molar-refractivity contribution in [1.82, 2.24) is 0 Å². The molecule has 92 valence electrons. The topological polar surface area (TPSA) is 78.7 Å². The van der Waals surface area contributed by atoms with Gasteiger partial charge in [0.05, 0.1) is 12.3 Å². The second-order valence-corrected chi connectivity index (χ2v) is 4.68. The summed E-state index contributed by atoms with van der Waals surface area (Å²) in [4.78, 5) is 19.8. The third kappa shape index (κ3) is 2.51. The predicted molar refractivity (Wildman–Crippen MR) is 69.5 cm³/mol. The lowest BCUT2D eigenvalue weighted by atomic mass is 10.0. The van der Waals surface area contributed by atoms with Crippen molar-refractivity contribution < 1.29 is 9.21 Å². The van der Waals surface area contributed by atoms with Gasteiger partial charge in [0.15, 0.2) is 11.1 Å². The van der Waals surface area contributed by atoms with Gasteiger partial charge in [-0.15, -0.1) is 0 Å². The smallest absolute Gasteiger partial charge is 0.271 e. The van der Waals surface area contributed by atoms with Gasteiger partial charge in [-0.05, 0) is 18.6 Å². The monoisotopic (exact) mass is 261 g/mol. The molecule has 0 spiro atoms. The van der Waals surface area contributed by atoms with E-state index in [9.17, 15) is 4.79 Å². The molecule has 2 heterocycles. The van der Waals surface area contributed by atoms with Crippen LogP contribution in [0.1, 0.15) is 19.1 Å². The Hall–Kier alpha value is -1.87. The first-order valence-corrected chi connectivity index (χ1v) is 6.52. The van der Waals surface area contributed by atoms with Gasteiger partial charge in [-0.1, -0.05) is 18.7 Å². The summed E-state index contributed by atoms with van der Waals surface area (Å²) in [5.41, 5.74) is 0.348. The largest absolute Gasteiger partial charge is 0.463 e. The molecule has 6 heteroatoms. The highest BCUT2D eigenvalue weighted by molar-refractivity contribution is 8.13. The average molecular weight is 261 g/mol. The zero-order chi connectivity index (χ0) is 13.0. The Bertz CT molecular complexity index is 540. The molecule has 0 N–H and O–H groups in total. The summed E-state index contributed by atoms with van der Waals surface area (Å²) in [7, 11) is 0. The minimum atomic E-state index is -0.970. The molecule has 1 aliphatic heterocycles. The lowest BCUT2D eigenvalue weighted by Crippen LogP contribution is -2.27. The highest BCUT2D eigenvalue weighted by Crippen LogP contribution is 2.20. The Balaban J connectivity index is 2.33. The molecule has 1 aliphatic rings. The number of nitriles is 1. The van der Waals surface area contributed by atoms with Crippen LogP contribution in [0.4, 0.5) is 0 Å². The van der Waals surface area contributed by atoms with Crippen LogP contribution in [0.2, 0.25) is 0 Å². The van der Waals surface area contributed by atoms with Crippen LogP contribution < -0.4 is 0 Å². The minimum Gasteiger partial charge on any atom is -0.463 e. The number of furan rings is 1. The first-order valence-electron chi connectivity index (χ1n) is 5.53. The van der Waals surface area contributed by atoms with Gasteiger partial charge in [-0.3, -0.25) is 4.79 Å². The number of carbonyl (C=O) groups excluding carboxylic acids is 1. The number of carbonyl (C=O) groups is 1. The van der Waals surface area contributed by atoms with Crippen molar-refractivity contribution in [3.05, 3.63) is 24.2 Å². The number of rotatable bonds is 3. The van der Waals surface area contributed by atoms with E-state index in [4.69, 9.17) is 9.68 Å². The third-order valence-electron chi connectivity index (χ3n) is 2.28. The van der Waals surface area contributed by atoms with Crippen LogP contribution in [0.15, 0.2) is 32.8 Å². The Labute approximate surface area is 109 Å². The van der Waals surface area contributed by atoms with E-state index in [0.29, 0.717) is 16.6 Å². The fourth-order valence-electron chi connectivity index (χ4n) is 1.46. The van der Waals surface area contributed by atoms with Crippen LogP contribution >= 0.6 is 11.8 Å². The van der Waals surface area contributed by atoms with Gasteiger partial charge >= 0.3 is 0 Å². The van der Waals surface area contributed by atoms with Gasteiger partial charge in [-0.25, -0.2) is 4.99 Å². The number of amides is 1. The third-order valence-corrected chi connectivity index (χ3v) is 3.33. The Morgan fingerprint density at radius 1 is 1.56 bits per heavy atom. The van der Waals surface area contributed by atoms with Crippen molar-refractivity contribution in [2.75, 3.05) is 5.75 Å². The SMILES string of the molecule is CCCSC1=NC(=O)C(C#N)C(c2ccco2)=N1. The van der Waals surface area contributed by atoms with E-state index in [1.54, 1.807) is 12.1 Å². The van der Waals surface area contributed by atoms with E-state index in [1.165, 1.54) is 18.0 Å². The molecule has 0 radical (unpaired) electrons. The number of nitrogens with zero attached hydrogens (tertiary/aromatic N) is 3. The number of hydrogen-bond acceptors (Lipinski definition) is 5. The summed E-state index contributed by atoms with van der Waals surface area (Å²) in [5, 5.41) is 9.43. The van der Waals surface area contributed by atoms with Gasteiger partial charge in [0.2, 0.25) is 0 Å². The molecule has 18 heavy (non-hydrogen) atoms. The van der Waals surface area contributed by atoms with E-state index in [1.807, 2.05) is 13.0 Å². The number of hydrogen-bond donors (Lipinski definition) is 0. The van der Waals surface area contributed by atoms with E-state index in [-0.39, 0.29) is 0 Å². The summed E-state index contributed by atoms with van der Waals surface area (Å²) in [6, 6.07) is 5.29. The van der Waals surface area contributed by atoms with Crippen molar-refractivity contribution in [3.8, 4) is 6.07 Å². The van der Waals surface area contributed by atoms with Crippen LogP contribution in [-0.2, 0) is 4.79 Å². The van der Waals surface area contributed by atoms with Crippen LogP contribution in [0, 0.1) is 17.2 Å². The molecule has 1 atom stereocenters.